The molecule has 1 aliphatic heterocycles. The normalized spacial score (nSPS) is 30.2. The van der Waals surface area contributed by atoms with Crippen LogP contribution < -0.4 is 10.9 Å². The highest BCUT2D eigenvalue weighted by Gasteiger charge is 2.42. The molecular weight excluding hydrogens is 264 g/mol. The number of aliphatic hydroxyl groups is 3. The average molecular weight is 280 g/mol. The molecule has 8 nitrogen and oxygen atoms in total. The van der Waals surface area contributed by atoms with E-state index in [1.807, 2.05) is 0 Å². The minimum absolute atomic E-state index is 0.215. The van der Waals surface area contributed by atoms with E-state index in [0.29, 0.717) is 16.6 Å². The van der Waals surface area contributed by atoms with Crippen LogP contribution in [0.2, 0.25) is 0 Å². The molecule has 20 heavy (non-hydrogen) atoms. The van der Waals surface area contributed by atoms with Crippen LogP contribution in [-0.4, -0.2) is 54.7 Å². The zero-order chi connectivity index (χ0) is 14.4. The van der Waals surface area contributed by atoms with Crippen molar-refractivity contribution < 1.29 is 15.3 Å². The van der Waals surface area contributed by atoms with Crippen LogP contribution in [0.1, 0.15) is 11.6 Å². The maximum absolute atomic E-state index is 11.9. The lowest BCUT2D eigenvalue weighted by Crippen LogP contribution is -2.35. The van der Waals surface area contributed by atoms with Crippen LogP contribution >= 0.6 is 0 Å². The smallest absolute Gasteiger partial charge is 0.277 e. The first-order valence-corrected chi connectivity index (χ1v) is 6.30. The monoisotopic (exact) mass is 280 g/mol. The lowest BCUT2D eigenvalue weighted by atomic mass is 10.0. The number of H-pyrrole nitrogens is 1. The van der Waals surface area contributed by atoms with E-state index >= 15 is 0 Å². The Balaban J connectivity index is 2.08. The number of hydrogen-bond acceptors (Lipinski definition) is 6. The molecule has 0 aliphatic carbocycles. The summed E-state index contributed by atoms with van der Waals surface area (Å²) in [6.45, 7) is -0.285. The molecule has 4 atom stereocenters. The van der Waals surface area contributed by atoms with Crippen molar-refractivity contribution in [3.8, 4) is 0 Å². The molecule has 2 aromatic rings. The first-order chi connectivity index (χ1) is 9.54. The molecule has 0 spiro atoms. The van der Waals surface area contributed by atoms with Gasteiger partial charge in [0.1, 0.15) is 17.1 Å². The van der Waals surface area contributed by atoms with Crippen molar-refractivity contribution in [3.63, 3.8) is 0 Å². The third-order valence-electron chi connectivity index (χ3n) is 3.81. The van der Waals surface area contributed by atoms with E-state index in [-0.39, 0.29) is 12.2 Å². The molecule has 1 saturated heterocycles. The molecule has 5 N–H and O–H groups in total. The minimum atomic E-state index is -1.07. The molecule has 8 heteroatoms. The summed E-state index contributed by atoms with van der Waals surface area (Å²) < 4.78 is 1.35. The van der Waals surface area contributed by atoms with E-state index in [0.717, 1.165) is 0 Å². The molecule has 0 bridgehead atoms. The molecule has 3 heterocycles. The van der Waals surface area contributed by atoms with Crippen molar-refractivity contribution in [2.75, 3.05) is 6.61 Å². The maximum Gasteiger partial charge on any atom is 0.277 e. The molecule has 2 aromatic heterocycles. The number of aliphatic hydroxyl groups excluding tert-OH is 3. The molecular formula is C12H16N4O4. The first kappa shape index (κ1) is 13.3. The number of nitrogens with one attached hydrogen (secondary N) is 2. The van der Waals surface area contributed by atoms with Gasteiger partial charge in [-0.1, -0.05) is 0 Å². The van der Waals surface area contributed by atoms with Crippen molar-refractivity contribution >= 4 is 11.0 Å². The lowest BCUT2D eigenvalue weighted by Gasteiger charge is -2.14. The van der Waals surface area contributed by atoms with E-state index in [4.69, 9.17) is 5.11 Å². The number of rotatable bonds is 2. The van der Waals surface area contributed by atoms with Gasteiger partial charge >= 0.3 is 0 Å². The topological polar surface area (TPSA) is 123 Å². The molecule has 108 valence electrons. The van der Waals surface area contributed by atoms with Crippen molar-refractivity contribution in [1.82, 2.24) is 19.9 Å². The molecule has 0 radical (unpaired) electrons. The second kappa shape index (κ2) is 4.67. The van der Waals surface area contributed by atoms with E-state index in [1.54, 1.807) is 13.2 Å². The van der Waals surface area contributed by atoms with Crippen molar-refractivity contribution in [1.29, 1.82) is 0 Å². The highest BCUT2D eigenvalue weighted by molar-refractivity contribution is 5.78. The summed E-state index contributed by atoms with van der Waals surface area (Å²) in [6, 6.07) is -1.19. The van der Waals surface area contributed by atoms with Crippen LogP contribution in [0.3, 0.4) is 0 Å². The van der Waals surface area contributed by atoms with E-state index in [9.17, 15) is 15.0 Å². The van der Waals surface area contributed by atoms with Crippen LogP contribution in [0, 0.1) is 0 Å². The van der Waals surface area contributed by atoms with Crippen molar-refractivity contribution in [2.45, 2.75) is 24.3 Å². The number of aryl methyl sites for hydroxylation is 1. The largest absolute Gasteiger partial charge is 0.395 e. The Morgan fingerprint density at radius 2 is 2.15 bits per heavy atom. The fourth-order valence-corrected chi connectivity index (χ4v) is 2.64. The Kier molecular flexibility index (Phi) is 3.09. The van der Waals surface area contributed by atoms with E-state index < -0.39 is 24.3 Å². The number of hydrogen-bond donors (Lipinski definition) is 5. The maximum atomic E-state index is 11.9. The predicted molar refractivity (Wildman–Crippen MR) is 70.1 cm³/mol. The van der Waals surface area contributed by atoms with Gasteiger partial charge in [-0.15, -0.1) is 0 Å². The van der Waals surface area contributed by atoms with E-state index in [2.05, 4.69) is 15.3 Å². The molecule has 0 aromatic carbocycles. The summed E-state index contributed by atoms with van der Waals surface area (Å²) in [4.78, 5) is 19.0. The second-order valence-electron chi connectivity index (χ2n) is 5.04. The van der Waals surface area contributed by atoms with Gasteiger partial charge in [-0.25, -0.2) is 4.98 Å². The van der Waals surface area contributed by atoms with Gasteiger partial charge in [0.2, 0.25) is 0 Å². The summed E-state index contributed by atoms with van der Waals surface area (Å²) in [5.41, 5.74) is 1.18. The third-order valence-corrected chi connectivity index (χ3v) is 3.81. The number of aromatic nitrogens is 3. The van der Waals surface area contributed by atoms with Gasteiger partial charge < -0.3 is 30.2 Å². The molecule has 0 amide bonds. The minimum Gasteiger partial charge on any atom is -0.395 e. The Bertz CT molecular complexity index is 694. The van der Waals surface area contributed by atoms with Crippen molar-refractivity contribution in [2.24, 2.45) is 7.05 Å². The van der Waals surface area contributed by atoms with Crippen LogP contribution in [0.5, 0.6) is 0 Å². The number of nitrogens with zero attached hydrogens (tertiary/aromatic N) is 2. The first-order valence-electron chi connectivity index (χ1n) is 6.30. The standard InChI is InChI=1S/C12H16N4O4/c1-16-4-14-7-5(2-13-9(7)12(16)20)8-11(19)10(18)6(3-17)15-8/h2,4,6,8,10-11,13,15,17-19H,3H2,1H3/t6-,8+,10-,11+/m1/s1. The van der Waals surface area contributed by atoms with E-state index in [1.165, 1.54) is 10.9 Å². The summed E-state index contributed by atoms with van der Waals surface area (Å²) in [5, 5.41) is 32.0. The zero-order valence-corrected chi connectivity index (χ0v) is 10.8. The SMILES string of the molecule is Cn1cnc2c([C@@H]3N[C@H](CO)[C@@H](O)[C@H]3O)c[nH]c2c1=O. The molecule has 3 rings (SSSR count). The summed E-state index contributed by atoms with van der Waals surface area (Å²) in [7, 11) is 1.60. The second-order valence-corrected chi connectivity index (χ2v) is 5.04. The third kappa shape index (κ3) is 1.77. The van der Waals surface area contributed by atoms with Gasteiger partial charge in [-0.3, -0.25) is 4.79 Å². The average Bonchev–Trinajstić information content (AvgIpc) is 2.98. The van der Waals surface area contributed by atoms with Crippen LogP contribution in [0.4, 0.5) is 0 Å². The van der Waals surface area contributed by atoms with Crippen molar-refractivity contribution in [3.05, 3.63) is 28.4 Å². The van der Waals surface area contributed by atoms with Crippen LogP contribution in [0.15, 0.2) is 17.3 Å². The molecule has 0 unspecified atom stereocenters. The fraction of sp³-hybridized carbons (Fsp3) is 0.500. The predicted octanol–water partition coefficient (Wildman–Crippen LogP) is -2.01. The summed E-state index contributed by atoms with van der Waals surface area (Å²) in [5.74, 6) is 0. The van der Waals surface area contributed by atoms with Gasteiger partial charge in [0.05, 0.1) is 31.1 Å². The van der Waals surface area contributed by atoms with Gasteiger partial charge in [0, 0.05) is 18.8 Å². The quantitative estimate of drug-likeness (QED) is 0.433. The highest BCUT2D eigenvalue weighted by atomic mass is 16.3. The summed E-state index contributed by atoms with van der Waals surface area (Å²) >= 11 is 0. The summed E-state index contributed by atoms with van der Waals surface area (Å²) in [6.07, 6.45) is 0.855. The number of fused-ring (bicyclic) bond motifs is 1. The van der Waals surface area contributed by atoms with Gasteiger partial charge in [-0.05, 0) is 0 Å². The van der Waals surface area contributed by atoms with Gasteiger partial charge in [0.15, 0.2) is 0 Å². The van der Waals surface area contributed by atoms with Gasteiger partial charge in [-0.2, -0.15) is 0 Å². The molecule has 1 aliphatic rings. The lowest BCUT2D eigenvalue weighted by molar-refractivity contribution is 0.0196. The Morgan fingerprint density at radius 1 is 1.40 bits per heavy atom. The Hall–Kier alpha value is -1.74. The van der Waals surface area contributed by atoms with Gasteiger partial charge in [0.25, 0.3) is 5.56 Å². The zero-order valence-electron chi connectivity index (χ0n) is 10.8. The van der Waals surface area contributed by atoms with Crippen LogP contribution in [0.25, 0.3) is 11.0 Å². The fourth-order valence-electron chi connectivity index (χ4n) is 2.64. The molecule has 1 fully saturated rings. The Labute approximate surface area is 113 Å². The molecule has 0 saturated carbocycles. The number of aromatic amines is 1. The highest BCUT2D eigenvalue weighted by Crippen LogP contribution is 2.30. The Morgan fingerprint density at radius 3 is 2.80 bits per heavy atom. The van der Waals surface area contributed by atoms with Crippen LogP contribution in [-0.2, 0) is 7.05 Å².